The lowest BCUT2D eigenvalue weighted by Gasteiger charge is -2.15. The van der Waals surface area contributed by atoms with Gasteiger partial charge >= 0.3 is 0 Å². The minimum Gasteiger partial charge on any atom is -0.208 e. The fourth-order valence-electron chi connectivity index (χ4n) is 5.98. The van der Waals surface area contributed by atoms with E-state index in [9.17, 15) is 0 Å². The van der Waals surface area contributed by atoms with Crippen LogP contribution in [0.2, 0.25) is 0 Å². The Morgan fingerprint density at radius 2 is 0.889 bits per heavy atom. The number of halogens is 1. The van der Waals surface area contributed by atoms with E-state index in [1.54, 1.807) is 0 Å². The Bertz CT molecular complexity index is 2330. The summed E-state index contributed by atoms with van der Waals surface area (Å²) in [6.07, 6.45) is 0. The number of aromatic nitrogens is 3. The van der Waals surface area contributed by atoms with E-state index in [1.807, 2.05) is 36.4 Å². The van der Waals surface area contributed by atoms with Gasteiger partial charge in [0.15, 0.2) is 17.5 Å². The molecule has 0 bridgehead atoms. The minimum absolute atomic E-state index is 0.621. The summed E-state index contributed by atoms with van der Waals surface area (Å²) in [4.78, 5) is 15.1. The fourth-order valence-corrected chi connectivity index (χ4v) is 6.65. The van der Waals surface area contributed by atoms with Crippen LogP contribution < -0.4 is 0 Å². The molecule has 8 aromatic rings. The highest BCUT2D eigenvalue weighted by atomic mass is 79.9. The van der Waals surface area contributed by atoms with Crippen LogP contribution in [0.3, 0.4) is 0 Å². The van der Waals surface area contributed by atoms with Crippen LogP contribution in [0, 0.1) is 0 Å². The molecule has 0 N–H and O–H groups in total. The quantitative estimate of drug-likeness (QED) is 0.188. The van der Waals surface area contributed by atoms with Gasteiger partial charge in [-0.2, -0.15) is 0 Å². The standard InChI is InChI=1S/C41H26BrN3/c42-38-33-20-10-8-15-29(33)22-25-36(38)41-44-39(30-16-5-2-6-17-30)43-40(45-41)31-23-24-35(37(26-31)28-12-3-1-4-13-28)34-21-11-18-27-14-7-9-19-32(27)34/h1-26H. The van der Waals surface area contributed by atoms with E-state index in [4.69, 9.17) is 15.0 Å². The highest BCUT2D eigenvalue weighted by molar-refractivity contribution is 9.10. The number of rotatable bonds is 5. The maximum Gasteiger partial charge on any atom is 0.165 e. The molecule has 0 saturated heterocycles. The maximum absolute atomic E-state index is 5.10. The van der Waals surface area contributed by atoms with Crippen molar-refractivity contribution in [1.82, 2.24) is 15.0 Å². The van der Waals surface area contributed by atoms with Gasteiger partial charge in [-0.05, 0) is 71.9 Å². The molecule has 0 aliphatic rings. The summed E-state index contributed by atoms with van der Waals surface area (Å²) in [7, 11) is 0. The molecule has 0 saturated carbocycles. The molecule has 0 unspecified atom stereocenters. The fraction of sp³-hybridized carbons (Fsp3) is 0. The zero-order valence-corrected chi connectivity index (χ0v) is 25.8. The van der Waals surface area contributed by atoms with E-state index in [-0.39, 0.29) is 0 Å². The third kappa shape index (κ3) is 5.09. The van der Waals surface area contributed by atoms with Crippen LogP contribution in [0.1, 0.15) is 0 Å². The van der Waals surface area contributed by atoms with Gasteiger partial charge in [0.25, 0.3) is 0 Å². The molecule has 7 aromatic carbocycles. The van der Waals surface area contributed by atoms with Crippen LogP contribution in [0.15, 0.2) is 162 Å². The van der Waals surface area contributed by atoms with Crippen molar-refractivity contribution in [2.45, 2.75) is 0 Å². The van der Waals surface area contributed by atoms with E-state index in [0.29, 0.717) is 17.5 Å². The molecule has 1 heterocycles. The Morgan fingerprint density at radius 3 is 1.64 bits per heavy atom. The van der Waals surface area contributed by atoms with Crippen molar-refractivity contribution >= 4 is 37.5 Å². The Labute approximate surface area is 270 Å². The first-order valence-electron chi connectivity index (χ1n) is 14.9. The molecule has 8 rings (SSSR count). The molecule has 0 atom stereocenters. The monoisotopic (exact) mass is 639 g/mol. The van der Waals surface area contributed by atoms with Crippen LogP contribution in [0.5, 0.6) is 0 Å². The van der Waals surface area contributed by atoms with Crippen molar-refractivity contribution in [2.24, 2.45) is 0 Å². The summed E-state index contributed by atoms with van der Waals surface area (Å²) in [6, 6.07) is 54.8. The average molecular weight is 641 g/mol. The van der Waals surface area contributed by atoms with Gasteiger partial charge in [0.2, 0.25) is 0 Å². The predicted octanol–water partition coefficient (Wildman–Crippen LogP) is 11.3. The second-order valence-corrected chi connectivity index (χ2v) is 11.8. The zero-order valence-electron chi connectivity index (χ0n) is 24.2. The number of benzene rings is 7. The van der Waals surface area contributed by atoms with Crippen LogP contribution >= 0.6 is 15.9 Å². The Morgan fingerprint density at radius 1 is 0.333 bits per heavy atom. The van der Waals surface area contributed by atoms with Crippen molar-refractivity contribution in [3.8, 4) is 56.4 Å². The molecule has 45 heavy (non-hydrogen) atoms. The number of hydrogen-bond acceptors (Lipinski definition) is 3. The van der Waals surface area contributed by atoms with Crippen LogP contribution in [-0.2, 0) is 0 Å². The minimum atomic E-state index is 0.621. The van der Waals surface area contributed by atoms with Crippen molar-refractivity contribution in [3.05, 3.63) is 162 Å². The highest BCUT2D eigenvalue weighted by Crippen LogP contribution is 2.39. The van der Waals surface area contributed by atoms with Gasteiger partial charge in [0.05, 0.1) is 0 Å². The third-order valence-electron chi connectivity index (χ3n) is 8.21. The van der Waals surface area contributed by atoms with E-state index in [0.717, 1.165) is 48.6 Å². The molecule has 0 fully saturated rings. The van der Waals surface area contributed by atoms with Gasteiger partial charge in [-0.15, -0.1) is 0 Å². The second kappa shape index (κ2) is 11.6. The summed E-state index contributed by atoms with van der Waals surface area (Å²) in [5.41, 5.74) is 7.41. The lowest BCUT2D eigenvalue weighted by atomic mass is 9.90. The molecular weight excluding hydrogens is 614 g/mol. The molecule has 0 aliphatic carbocycles. The molecule has 3 nitrogen and oxygen atoms in total. The first-order chi connectivity index (χ1) is 22.2. The molecule has 4 heteroatoms. The lowest BCUT2D eigenvalue weighted by Crippen LogP contribution is -2.01. The van der Waals surface area contributed by atoms with Gasteiger partial charge < -0.3 is 0 Å². The largest absolute Gasteiger partial charge is 0.208 e. The molecule has 0 aliphatic heterocycles. The molecule has 0 spiro atoms. The molecule has 0 radical (unpaired) electrons. The predicted molar refractivity (Wildman–Crippen MR) is 190 cm³/mol. The summed E-state index contributed by atoms with van der Waals surface area (Å²) < 4.78 is 0.966. The Balaban J connectivity index is 1.36. The zero-order chi connectivity index (χ0) is 30.2. The first kappa shape index (κ1) is 27.1. The van der Waals surface area contributed by atoms with Crippen LogP contribution in [-0.4, -0.2) is 15.0 Å². The van der Waals surface area contributed by atoms with Gasteiger partial charge in [-0.25, -0.2) is 15.0 Å². The lowest BCUT2D eigenvalue weighted by molar-refractivity contribution is 1.07. The summed E-state index contributed by atoms with van der Waals surface area (Å²) in [6.45, 7) is 0. The number of nitrogens with zero attached hydrogens (tertiary/aromatic N) is 3. The smallest absolute Gasteiger partial charge is 0.165 e. The van der Waals surface area contributed by atoms with E-state index < -0.39 is 0 Å². The molecule has 1 aromatic heterocycles. The normalized spacial score (nSPS) is 11.2. The summed E-state index contributed by atoms with van der Waals surface area (Å²) in [5, 5.41) is 4.71. The first-order valence-corrected chi connectivity index (χ1v) is 15.7. The van der Waals surface area contributed by atoms with Crippen molar-refractivity contribution in [3.63, 3.8) is 0 Å². The van der Waals surface area contributed by atoms with Gasteiger partial charge in [0.1, 0.15) is 0 Å². The van der Waals surface area contributed by atoms with Crippen molar-refractivity contribution < 1.29 is 0 Å². The van der Waals surface area contributed by atoms with Gasteiger partial charge in [0, 0.05) is 21.2 Å². The van der Waals surface area contributed by atoms with Crippen molar-refractivity contribution in [2.75, 3.05) is 0 Å². The second-order valence-electron chi connectivity index (χ2n) is 11.0. The topological polar surface area (TPSA) is 38.7 Å². The summed E-state index contributed by atoms with van der Waals surface area (Å²) >= 11 is 3.88. The molecule has 212 valence electrons. The maximum atomic E-state index is 5.10. The van der Waals surface area contributed by atoms with E-state index in [2.05, 4.69) is 137 Å². The summed E-state index contributed by atoms with van der Waals surface area (Å²) in [5.74, 6) is 1.88. The molecular formula is C41H26BrN3. The average Bonchev–Trinajstić information content (AvgIpc) is 3.12. The van der Waals surface area contributed by atoms with Gasteiger partial charge in [-0.3, -0.25) is 0 Å². The number of hydrogen-bond donors (Lipinski definition) is 0. The van der Waals surface area contributed by atoms with E-state index >= 15 is 0 Å². The van der Waals surface area contributed by atoms with Gasteiger partial charge in [-0.1, -0.05) is 146 Å². The third-order valence-corrected chi connectivity index (χ3v) is 9.07. The Hall–Kier alpha value is -5.45. The SMILES string of the molecule is Brc1c(-c2nc(-c3ccccc3)nc(-c3ccc(-c4cccc5ccccc45)c(-c4ccccc4)c3)n2)ccc2ccccc12. The highest BCUT2D eigenvalue weighted by Gasteiger charge is 2.18. The number of fused-ring (bicyclic) bond motifs is 2. The van der Waals surface area contributed by atoms with Crippen LogP contribution in [0.4, 0.5) is 0 Å². The van der Waals surface area contributed by atoms with Crippen LogP contribution in [0.25, 0.3) is 78.0 Å². The van der Waals surface area contributed by atoms with Crippen molar-refractivity contribution in [1.29, 1.82) is 0 Å². The molecule has 0 amide bonds. The Kier molecular flexibility index (Phi) is 6.97. The van der Waals surface area contributed by atoms with E-state index in [1.165, 1.54) is 16.3 Å².